The number of nitrogens with zero attached hydrogens (tertiary/aromatic N) is 2. The summed E-state index contributed by atoms with van der Waals surface area (Å²) in [5, 5.41) is 14.6. The maximum absolute atomic E-state index is 11.5. The highest BCUT2D eigenvalue weighted by atomic mass is 16.5. The van der Waals surface area contributed by atoms with Crippen molar-refractivity contribution in [3.05, 3.63) is 84.2 Å². The lowest BCUT2D eigenvalue weighted by atomic mass is 9.97. The molecule has 7 heteroatoms. The topological polar surface area (TPSA) is 86.2 Å². The molecule has 1 aliphatic rings. The predicted molar refractivity (Wildman–Crippen MR) is 162 cm³/mol. The molecular formula is C31H48N4O3. The molecule has 1 fully saturated rings. The third kappa shape index (κ3) is 12.8. The van der Waals surface area contributed by atoms with Crippen LogP contribution in [0.5, 0.6) is 0 Å². The van der Waals surface area contributed by atoms with Gasteiger partial charge in [0.2, 0.25) is 0 Å². The number of aryl methyl sites for hydroxylation is 1. The number of allylic oxidation sites excluding steroid dienone is 2. The smallest absolute Gasteiger partial charge is 0.275 e. The first kappa shape index (κ1) is 34.7. The number of hydrogen-bond donors (Lipinski definition) is 3. The summed E-state index contributed by atoms with van der Waals surface area (Å²) >= 11 is 0. The molecule has 1 aliphatic heterocycles. The Morgan fingerprint density at radius 3 is 2.21 bits per heavy atom. The highest BCUT2D eigenvalue weighted by Crippen LogP contribution is 2.22. The maximum atomic E-state index is 11.5. The lowest BCUT2D eigenvalue weighted by Gasteiger charge is -2.34. The van der Waals surface area contributed by atoms with Gasteiger partial charge in [0.15, 0.2) is 0 Å². The van der Waals surface area contributed by atoms with E-state index < -0.39 is 5.91 Å². The summed E-state index contributed by atoms with van der Waals surface area (Å²) in [6.45, 7) is 16.9. The molecule has 2 aromatic rings. The van der Waals surface area contributed by atoms with Crippen molar-refractivity contribution >= 4 is 22.9 Å². The molecule has 7 nitrogen and oxygen atoms in total. The van der Waals surface area contributed by atoms with Crippen LogP contribution in [0.25, 0.3) is 10.8 Å². The third-order valence-electron chi connectivity index (χ3n) is 5.76. The van der Waals surface area contributed by atoms with E-state index in [1.807, 2.05) is 20.9 Å². The van der Waals surface area contributed by atoms with E-state index in [-0.39, 0.29) is 0 Å². The fourth-order valence-corrected chi connectivity index (χ4v) is 3.93. The van der Waals surface area contributed by atoms with Gasteiger partial charge < -0.3 is 15.0 Å². The van der Waals surface area contributed by atoms with E-state index in [2.05, 4.69) is 82.5 Å². The zero-order valence-electron chi connectivity index (χ0n) is 24.4. The van der Waals surface area contributed by atoms with Crippen LogP contribution in [-0.2, 0) is 9.53 Å². The Morgan fingerprint density at radius 2 is 1.71 bits per heavy atom. The molecule has 0 atom stereocenters. The molecule has 0 unspecified atom stereocenters. The van der Waals surface area contributed by atoms with Gasteiger partial charge in [0.1, 0.15) is 5.82 Å². The van der Waals surface area contributed by atoms with Crippen LogP contribution >= 0.6 is 0 Å². The van der Waals surface area contributed by atoms with Crippen molar-refractivity contribution in [3.8, 4) is 0 Å². The zero-order chi connectivity index (χ0) is 28.9. The van der Waals surface area contributed by atoms with Gasteiger partial charge in [0.05, 0.1) is 5.57 Å². The molecule has 0 aliphatic carbocycles. The Balaban J connectivity index is 0.000000705. The van der Waals surface area contributed by atoms with Gasteiger partial charge in [-0.25, -0.2) is 10.5 Å². The summed E-state index contributed by atoms with van der Waals surface area (Å²) in [7, 11) is 5.24. The summed E-state index contributed by atoms with van der Waals surface area (Å²) in [5.41, 5.74) is 4.41. The summed E-state index contributed by atoms with van der Waals surface area (Å²) in [5.74, 6) is 1.08. The summed E-state index contributed by atoms with van der Waals surface area (Å²) < 4.78 is 4.25. The van der Waals surface area contributed by atoms with E-state index in [9.17, 15) is 4.79 Å². The van der Waals surface area contributed by atoms with Crippen LogP contribution in [0.4, 0.5) is 0 Å². The number of nitrogens with one attached hydrogen (secondary N) is 2. The second kappa shape index (κ2) is 20.8. The zero-order valence-corrected chi connectivity index (χ0v) is 24.4. The van der Waals surface area contributed by atoms with Crippen molar-refractivity contribution in [1.82, 2.24) is 15.7 Å². The molecular weight excluding hydrogens is 476 g/mol. The number of aliphatic imine (C=N–C) groups is 1. The van der Waals surface area contributed by atoms with Crippen molar-refractivity contribution in [2.75, 3.05) is 40.9 Å². The van der Waals surface area contributed by atoms with Crippen LogP contribution in [0.15, 0.2) is 83.7 Å². The third-order valence-corrected chi connectivity index (χ3v) is 5.76. The Labute approximate surface area is 229 Å². The minimum Gasteiger partial charge on any atom is -0.388 e. The highest BCUT2D eigenvalue weighted by molar-refractivity contribution is 6.11. The van der Waals surface area contributed by atoms with Crippen molar-refractivity contribution in [2.24, 2.45) is 10.9 Å². The number of fused-ring (bicyclic) bond motifs is 1. The Morgan fingerprint density at radius 1 is 1.13 bits per heavy atom. The van der Waals surface area contributed by atoms with Crippen LogP contribution in [0.2, 0.25) is 0 Å². The molecule has 1 heterocycles. The van der Waals surface area contributed by atoms with E-state index in [1.54, 1.807) is 32.7 Å². The van der Waals surface area contributed by atoms with Gasteiger partial charge >= 0.3 is 0 Å². The molecule has 1 amide bonds. The van der Waals surface area contributed by atoms with Gasteiger partial charge in [0.25, 0.3) is 5.91 Å². The van der Waals surface area contributed by atoms with Crippen LogP contribution in [0.1, 0.15) is 39.2 Å². The Hall–Kier alpha value is -3.26. The number of hydrogen-bond acceptors (Lipinski definition) is 6. The van der Waals surface area contributed by atoms with Gasteiger partial charge in [-0.05, 0) is 76.4 Å². The SMILES string of the molecule is C/C=C(\C=N/C(=C(C)C)N1CCC(CNC)CC1)C(=O)NO.C=C.COC.Cc1ccc2ccccc2c1. The van der Waals surface area contributed by atoms with Crippen LogP contribution in [0, 0.1) is 12.8 Å². The molecule has 3 rings (SSSR count). The standard InChI is InChI=1S/C16H28N4O2.C11H10.C2H6O.C2H4/c1-5-14(16(21)19-22)11-18-15(12(2)3)20-8-6-13(7-9-20)10-17-4;1-9-6-7-10-4-2-3-5-11(10)8-9;1-3-2;1-2/h5,11,13,17,22H,6-10H2,1-4H3,(H,19,21);2-8H,1H3;1-2H3;1-2H2/b14-5+,18-11-;;;. The predicted octanol–water partition coefficient (Wildman–Crippen LogP) is 5.90. The molecule has 0 radical (unpaired) electrons. The molecule has 0 bridgehead atoms. The molecule has 210 valence electrons. The summed E-state index contributed by atoms with van der Waals surface area (Å²) in [6.07, 6.45) is 5.41. The van der Waals surface area contributed by atoms with Crippen LogP contribution < -0.4 is 10.8 Å². The summed E-state index contributed by atoms with van der Waals surface area (Å²) in [6, 6.07) is 14.9. The van der Waals surface area contributed by atoms with Crippen molar-refractivity contribution < 1.29 is 14.7 Å². The molecule has 0 spiro atoms. The fourth-order valence-electron chi connectivity index (χ4n) is 3.93. The van der Waals surface area contributed by atoms with Crippen LogP contribution in [-0.4, -0.2) is 63.1 Å². The van der Waals surface area contributed by atoms with E-state index >= 15 is 0 Å². The van der Waals surface area contributed by atoms with Gasteiger partial charge in [-0.3, -0.25) is 10.0 Å². The van der Waals surface area contributed by atoms with Crippen molar-refractivity contribution in [2.45, 2.75) is 40.5 Å². The van der Waals surface area contributed by atoms with E-state index in [0.717, 1.165) is 49.8 Å². The lowest BCUT2D eigenvalue weighted by Crippen LogP contribution is -2.36. The molecule has 1 saturated heterocycles. The summed E-state index contributed by atoms with van der Waals surface area (Å²) in [4.78, 5) is 18.2. The van der Waals surface area contributed by atoms with Crippen molar-refractivity contribution in [1.29, 1.82) is 0 Å². The molecule has 2 aromatic carbocycles. The molecule has 38 heavy (non-hydrogen) atoms. The number of carbonyl (C=O) groups excluding carboxylic acids is 1. The number of ether oxygens (including phenoxy) is 1. The number of carbonyl (C=O) groups is 1. The highest BCUT2D eigenvalue weighted by Gasteiger charge is 2.20. The second-order valence-corrected chi connectivity index (χ2v) is 9.01. The number of hydroxylamine groups is 1. The number of piperidine rings is 1. The first-order chi connectivity index (χ1) is 18.3. The lowest BCUT2D eigenvalue weighted by molar-refractivity contribution is -0.124. The van der Waals surface area contributed by atoms with Gasteiger partial charge in [-0.2, -0.15) is 0 Å². The average Bonchev–Trinajstić information content (AvgIpc) is 2.93. The first-order valence-electron chi connectivity index (χ1n) is 12.9. The van der Waals surface area contributed by atoms with Gasteiger partial charge in [-0.1, -0.05) is 54.1 Å². The van der Waals surface area contributed by atoms with Gasteiger partial charge in [-0.15, -0.1) is 13.2 Å². The monoisotopic (exact) mass is 524 g/mol. The van der Waals surface area contributed by atoms with Gasteiger partial charge in [0, 0.05) is 33.5 Å². The minimum atomic E-state index is -0.549. The fraction of sp³-hybridized carbons (Fsp3) is 0.419. The largest absolute Gasteiger partial charge is 0.388 e. The minimum absolute atomic E-state index is 0.339. The number of likely N-dealkylation sites (tertiary alicyclic amines) is 1. The molecule has 0 aromatic heterocycles. The van der Waals surface area contributed by atoms with Crippen LogP contribution in [0.3, 0.4) is 0 Å². The normalized spacial score (nSPS) is 13.4. The average molecular weight is 525 g/mol. The number of rotatable bonds is 6. The first-order valence-corrected chi connectivity index (χ1v) is 12.9. The Bertz CT molecular complexity index is 1030. The van der Waals surface area contributed by atoms with E-state index in [4.69, 9.17) is 5.21 Å². The van der Waals surface area contributed by atoms with E-state index in [0.29, 0.717) is 5.57 Å². The second-order valence-electron chi connectivity index (χ2n) is 9.01. The maximum Gasteiger partial charge on any atom is 0.275 e. The van der Waals surface area contributed by atoms with Crippen molar-refractivity contribution in [3.63, 3.8) is 0 Å². The molecule has 3 N–H and O–H groups in total. The molecule has 0 saturated carbocycles. The Kier molecular flexibility index (Phi) is 19.0. The number of amides is 1. The van der Waals surface area contributed by atoms with E-state index in [1.165, 1.54) is 22.6 Å². The quantitative estimate of drug-likeness (QED) is 0.144. The number of benzene rings is 2. The number of methoxy groups -OCH3 is 1.